The van der Waals surface area contributed by atoms with E-state index < -0.39 is 0 Å². The van der Waals surface area contributed by atoms with E-state index in [0.29, 0.717) is 6.54 Å². The summed E-state index contributed by atoms with van der Waals surface area (Å²) in [6.45, 7) is 0.502. The number of pyridine rings is 2. The summed E-state index contributed by atoms with van der Waals surface area (Å²) >= 11 is 0. The predicted molar refractivity (Wildman–Crippen MR) is 99.5 cm³/mol. The lowest BCUT2D eigenvalue weighted by molar-refractivity contribution is -0.00722. The van der Waals surface area contributed by atoms with Crippen LogP contribution in [0.3, 0.4) is 0 Å². The van der Waals surface area contributed by atoms with Crippen LogP contribution in [-0.2, 0) is 12.0 Å². The highest BCUT2D eigenvalue weighted by molar-refractivity contribution is 5.94. The maximum Gasteiger partial charge on any atom is 0.251 e. The minimum atomic E-state index is -0.0257. The summed E-state index contributed by atoms with van der Waals surface area (Å²) in [6, 6.07) is 7.76. The smallest absolute Gasteiger partial charge is 0.251 e. The van der Waals surface area contributed by atoms with Gasteiger partial charge < -0.3 is 5.32 Å². The predicted octanol–water partition coefficient (Wildman–Crippen LogP) is 3.87. The van der Waals surface area contributed by atoms with E-state index in [0.717, 1.165) is 34.6 Å². The van der Waals surface area contributed by atoms with Crippen molar-refractivity contribution in [3.63, 3.8) is 0 Å². The summed E-state index contributed by atoms with van der Waals surface area (Å²) in [4.78, 5) is 21.5. The summed E-state index contributed by atoms with van der Waals surface area (Å²) < 4.78 is 0. The molecule has 134 valence electrons. The Hall–Kier alpha value is -2.23. The topological polar surface area (TPSA) is 54.9 Å². The highest BCUT2D eigenvalue weighted by Crippen LogP contribution is 2.60. The Labute approximate surface area is 154 Å². The van der Waals surface area contributed by atoms with E-state index >= 15 is 0 Å². The molecule has 0 unspecified atom stereocenters. The molecule has 0 atom stereocenters. The Kier molecular flexibility index (Phi) is 3.80. The third kappa shape index (κ3) is 2.81. The van der Waals surface area contributed by atoms with Crippen LogP contribution in [0.2, 0.25) is 0 Å². The molecule has 0 aliphatic heterocycles. The van der Waals surface area contributed by atoms with Crippen LogP contribution in [0.15, 0.2) is 42.9 Å². The first-order chi connectivity index (χ1) is 12.7. The van der Waals surface area contributed by atoms with Crippen molar-refractivity contribution in [3.05, 3.63) is 59.7 Å². The normalized spacial score (nSPS) is 31.8. The molecule has 0 radical (unpaired) electrons. The minimum absolute atomic E-state index is 0.0257. The van der Waals surface area contributed by atoms with Gasteiger partial charge in [0, 0.05) is 41.8 Å². The second-order valence-corrected chi connectivity index (χ2v) is 8.67. The van der Waals surface area contributed by atoms with Gasteiger partial charge in [0.1, 0.15) is 0 Å². The maximum absolute atomic E-state index is 12.6. The van der Waals surface area contributed by atoms with Crippen molar-refractivity contribution in [1.29, 1.82) is 0 Å². The number of aromatic nitrogens is 2. The Morgan fingerprint density at radius 3 is 2.46 bits per heavy atom. The van der Waals surface area contributed by atoms with Gasteiger partial charge in [-0.3, -0.25) is 14.8 Å². The zero-order chi connectivity index (χ0) is 17.6. The lowest BCUT2D eigenvalue weighted by Crippen LogP contribution is -2.49. The van der Waals surface area contributed by atoms with Gasteiger partial charge in [-0.2, -0.15) is 0 Å². The molecule has 4 bridgehead atoms. The van der Waals surface area contributed by atoms with Gasteiger partial charge in [0.15, 0.2) is 0 Å². The van der Waals surface area contributed by atoms with Crippen molar-refractivity contribution in [2.75, 3.05) is 0 Å². The van der Waals surface area contributed by atoms with Gasteiger partial charge in [-0.25, -0.2) is 0 Å². The lowest BCUT2D eigenvalue weighted by atomic mass is 9.48. The van der Waals surface area contributed by atoms with E-state index in [4.69, 9.17) is 4.98 Å². The first kappa shape index (κ1) is 16.0. The average molecular weight is 347 g/mol. The quantitative estimate of drug-likeness (QED) is 0.913. The molecule has 6 rings (SSSR count). The van der Waals surface area contributed by atoms with Crippen LogP contribution in [0.1, 0.15) is 60.1 Å². The zero-order valence-corrected chi connectivity index (χ0v) is 15.0. The van der Waals surface area contributed by atoms with E-state index in [-0.39, 0.29) is 11.3 Å². The number of rotatable bonds is 4. The zero-order valence-electron chi connectivity index (χ0n) is 15.0. The molecule has 2 aromatic heterocycles. The first-order valence-electron chi connectivity index (χ1n) is 9.84. The Bertz CT molecular complexity index is 782. The SMILES string of the molecule is O=C(NCc1cccnc1)c1ccnc(C23CC4CC(CC(C4)C2)C3)c1. The van der Waals surface area contributed by atoms with Gasteiger partial charge in [-0.05, 0) is 80.0 Å². The van der Waals surface area contributed by atoms with Crippen molar-refractivity contribution in [2.24, 2.45) is 17.8 Å². The second kappa shape index (κ2) is 6.19. The fraction of sp³-hybridized carbons (Fsp3) is 0.500. The van der Waals surface area contributed by atoms with Crippen LogP contribution in [0, 0.1) is 17.8 Å². The van der Waals surface area contributed by atoms with E-state index in [1.54, 1.807) is 12.4 Å². The average Bonchev–Trinajstić information content (AvgIpc) is 2.66. The summed E-state index contributed by atoms with van der Waals surface area (Å²) in [5, 5.41) is 3.01. The van der Waals surface area contributed by atoms with Crippen molar-refractivity contribution in [2.45, 2.75) is 50.5 Å². The molecule has 1 N–H and O–H groups in total. The van der Waals surface area contributed by atoms with Gasteiger partial charge >= 0.3 is 0 Å². The Balaban J connectivity index is 1.35. The van der Waals surface area contributed by atoms with Crippen molar-refractivity contribution < 1.29 is 4.79 Å². The molecule has 2 aromatic rings. The molecule has 4 aliphatic carbocycles. The molecule has 26 heavy (non-hydrogen) atoms. The largest absolute Gasteiger partial charge is 0.348 e. The molecule has 4 fully saturated rings. The molecule has 4 saturated carbocycles. The standard InChI is InChI=1S/C22H25N3O/c26-21(25-14-15-2-1-4-23-13-15)19-3-5-24-20(9-19)22-10-16-6-17(11-22)8-18(7-16)12-22/h1-5,9,13,16-18H,6-8,10-12,14H2,(H,25,26). The lowest BCUT2D eigenvalue weighted by Gasteiger charge is -2.56. The van der Waals surface area contributed by atoms with Crippen LogP contribution in [0.4, 0.5) is 0 Å². The Morgan fingerprint density at radius 2 is 1.81 bits per heavy atom. The van der Waals surface area contributed by atoms with Crippen LogP contribution >= 0.6 is 0 Å². The van der Waals surface area contributed by atoms with E-state index in [1.807, 2.05) is 24.4 Å². The van der Waals surface area contributed by atoms with Crippen LogP contribution in [0.25, 0.3) is 0 Å². The maximum atomic E-state index is 12.6. The van der Waals surface area contributed by atoms with Gasteiger partial charge in [-0.1, -0.05) is 6.07 Å². The van der Waals surface area contributed by atoms with Gasteiger partial charge in [0.25, 0.3) is 5.91 Å². The third-order valence-electron chi connectivity index (χ3n) is 6.78. The van der Waals surface area contributed by atoms with Gasteiger partial charge in [-0.15, -0.1) is 0 Å². The molecule has 4 heteroatoms. The van der Waals surface area contributed by atoms with Crippen LogP contribution < -0.4 is 5.32 Å². The van der Waals surface area contributed by atoms with E-state index in [2.05, 4.69) is 16.4 Å². The summed E-state index contributed by atoms with van der Waals surface area (Å²) in [7, 11) is 0. The molecule has 4 aliphatic rings. The van der Waals surface area contributed by atoms with E-state index in [9.17, 15) is 4.79 Å². The number of hydrogen-bond donors (Lipinski definition) is 1. The van der Waals surface area contributed by atoms with Crippen molar-refractivity contribution >= 4 is 5.91 Å². The minimum Gasteiger partial charge on any atom is -0.348 e. The monoisotopic (exact) mass is 347 g/mol. The number of nitrogens with one attached hydrogen (secondary N) is 1. The number of amides is 1. The third-order valence-corrected chi connectivity index (χ3v) is 6.78. The van der Waals surface area contributed by atoms with Gasteiger partial charge in [0.05, 0.1) is 0 Å². The number of hydrogen-bond acceptors (Lipinski definition) is 3. The molecule has 2 heterocycles. The molecule has 0 saturated heterocycles. The number of carbonyl (C=O) groups excluding carboxylic acids is 1. The van der Waals surface area contributed by atoms with Crippen LogP contribution in [0.5, 0.6) is 0 Å². The summed E-state index contributed by atoms with van der Waals surface area (Å²) in [5.74, 6) is 2.62. The Morgan fingerprint density at radius 1 is 1.08 bits per heavy atom. The van der Waals surface area contributed by atoms with Crippen molar-refractivity contribution in [1.82, 2.24) is 15.3 Å². The molecule has 0 aromatic carbocycles. The number of nitrogens with zero attached hydrogens (tertiary/aromatic N) is 2. The van der Waals surface area contributed by atoms with E-state index in [1.165, 1.54) is 38.5 Å². The van der Waals surface area contributed by atoms with Gasteiger partial charge in [0.2, 0.25) is 0 Å². The molecular formula is C22H25N3O. The first-order valence-corrected chi connectivity index (χ1v) is 9.84. The highest BCUT2D eigenvalue weighted by Gasteiger charge is 2.52. The second-order valence-electron chi connectivity index (χ2n) is 8.67. The molecule has 1 amide bonds. The fourth-order valence-corrected chi connectivity index (χ4v) is 6.07. The molecule has 4 nitrogen and oxygen atoms in total. The highest BCUT2D eigenvalue weighted by atomic mass is 16.1. The number of carbonyl (C=O) groups is 1. The van der Waals surface area contributed by atoms with Crippen LogP contribution in [-0.4, -0.2) is 15.9 Å². The fourth-order valence-electron chi connectivity index (χ4n) is 6.07. The molecule has 0 spiro atoms. The van der Waals surface area contributed by atoms with Crippen molar-refractivity contribution in [3.8, 4) is 0 Å². The summed E-state index contributed by atoms with van der Waals surface area (Å²) in [6.07, 6.45) is 13.4. The molecular weight excluding hydrogens is 322 g/mol. The summed E-state index contributed by atoms with van der Waals surface area (Å²) in [5.41, 5.74) is 3.13.